The van der Waals surface area contributed by atoms with Gasteiger partial charge in [0.25, 0.3) is 0 Å². The van der Waals surface area contributed by atoms with Crippen LogP contribution in [0.15, 0.2) is 99.5 Å². The molecule has 30 heavy (non-hydrogen) atoms. The maximum Gasteiger partial charge on any atom is 0.196 e. The van der Waals surface area contributed by atoms with Crippen LogP contribution >= 0.6 is 27.7 Å². The van der Waals surface area contributed by atoms with E-state index in [4.69, 9.17) is 0 Å². The van der Waals surface area contributed by atoms with Crippen molar-refractivity contribution in [3.63, 3.8) is 0 Å². The average Bonchev–Trinajstić information content (AvgIpc) is 3.19. The smallest absolute Gasteiger partial charge is 0.196 e. The van der Waals surface area contributed by atoms with Crippen LogP contribution in [-0.4, -0.2) is 34.7 Å². The van der Waals surface area contributed by atoms with Crippen molar-refractivity contribution in [3.8, 4) is 17.1 Å². The van der Waals surface area contributed by atoms with Crippen molar-refractivity contribution in [2.45, 2.75) is 10.1 Å². The van der Waals surface area contributed by atoms with Crippen LogP contribution in [0, 0.1) is 0 Å². The van der Waals surface area contributed by atoms with Gasteiger partial charge in [0, 0.05) is 21.5 Å². The Kier molecular flexibility index (Phi) is 6.36. The van der Waals surface area contributed by atoms with E-state index in [1.807, 2.05) is 59.2 Å². The number of rotatable bonds is 7. The zero-order valence-corrected chi connectivity index (χ0v) is 19.1. The Morgan fingerprint density at radius 3 is 2.27 bits per heavy atom. The molecule has 0 amide bonds. The minimum atomic E-state index is -3.34. The Hall–Kier alpha value is -2.42. The van der Waals surface area contributed by atoms with Crippen LogP contribution < -0.4 is 0 Å². The fourth-order valence-electron chi connectivity index (χ4n) is 2.98. The molecule has 0 unspecified atom stereocenters. The quantitative estimate of drug-likeness (QED) is 0.324. The summed E-state index contributed by atoms with van der Waals surface area (Å²) in [6.07, 6.45) is 0. The van der Waals surface area contributed by atoms with E-state index >= 15 is 0 Å². The lowest BCUT2D eigenvalue weighted by Gasteiger charge is -2.10. The van der Waals surface area contributed by atoms with Gasteiger partial charge in [-0.3, -0.25) is 4.57 Å². The lowest BCUT2D eigenvalue weighted by Crippen LogP contribution is -2.09. The lowest BCUT2D eigenvalue weighted by atomic mass is 10.2. The van der Waals surface area contributed by atoms with Gasteiger partial charge in [0.05, 0.1) is 10.6 Å². The molecule has 0 spiro atoms. The summed E-state index contributed by atoms with van der Waals surface area (Å²) < 4.78 is 28.1. The van der Waals surface area contributed by atoms with Crippen molar-refractivity contribution in [2.24, 2.45) is 0 Å². The zero-order chi connectivity index (χ0) is 21.0. The fraction of sp³-hybridized carbons (Fsp3) is 0.0909. The van der Waals surface area contributed by atoms with Gasteiger partial charge in [-0.15, -0.1) is 10.2 Å². The Morgan fingerprint density at radius 2 is 1.57 bits per heavy atom. The van der Waals surface area contributed by atoms with Gasteiger partial charge in [-0.05, 0) is 36.4 Å². The third kappa shape index (κ3) is 4.66. The second kappa shape index (κ2) is 9.16. The molecule has 0 aliphatic carbocycles. The van der Waals surface area contributed by atoms with Gasteiger partial charge < -0.3 is 0 Å². The van der Waals surface area contributed by atoms with Crippen LogP contribution in [0.5, 0.6) is 0 Å². The maximum atomic E-state index is 12.6. The predicted molar refractivity (Wildman–Crippen MR) is 124 cm³/mol. The number of hydrogen-bond acceptors (Lipinski definition) is 5. The number of thioether (sulfide) groups is 1. The molecule has 0 bridgehead atoms. The SMILES string of the molecule is O=S(=O)(CCSc1nnc(-c2cccc(Br)c2)n1-c1ccccc1)c1ccccc1. The Balaban J connectivity index is 1.62. The number of benzene rings is 3. The van der Waals surface area contributed by atoms with Gasteiger partial charge in [0.1, 0.15) is 0 Å². The highest BCUT2D eigenvalue weighted by Gasteiger charge is 2.18. The summed E-state index contributed by atoms with van der Waals surface area (Å²) in [5.74, 6) is 1.10. The van der Waals surface area contributed by atoms with E-state index in [2.05, 4.69) is 26.1 Å². The largest absolute Gasteiger partial charge is 0.270 e. The van der Waals surface area contributed by atoms with Gasteiger partial charge in [-0.2, -0.15) is 0 Å². The zero-order valence-electron chi connectivity index (χ0n) is 15.8. The maximum absolute atomic E-state index is 12.6. The van der Waals surface area contributed by atoms with Gasteiger partial charge >= 0.3 is 0 Å². The molecule has 8 heteroatoms. The molecule has 5 nitrogen and oxygen atoms in total. The van der Waals surface area contributed by atoms with Gasteiger partial charge in [-0.1, -0.05) is 76.2 Å². The van der Waals surface area contributed by atoms with Crippen molar-refractivity contribution >= 4 is 37.5 Å². The van der Waals surface area contributed by atoms with Crippen molar-refractivity contribution in [2.75, 3.05) is 11.5 Å². The van der Waals surface area contributed by atoms with E-state index in [1.54, 1.807) is 30.3 Å². The first-order chi connectivity index (χ1) is 14.5. The molecule has 0 aliphatic rings. The molecular formula is C22H18BrN3O2S2. The second-order valence-corrected chi connectivity index (χ2v) is 10.6. The molecule has 1 heterocycles. The average molecular weight is 500 g/mol. The highest BCUT2D eigenvalue weighted by molar-refractivity contribution is 9.10. The van der Waals surface area contributed by atoms with Crippen molar-refractivity contribution in [1.82, 2.24) is 14.8 Å². The first-order valence-corrected chi connectivity index (χ1v) is 12.6. The summed E-state index contributed by atoms with van der Waals surface area (Å²) in [7, 11) is -3.34. The summed E-state index contributed by atoms with van der Waals surface area (Å²) >= 11 is 4.89. The van der Waals surface area contributed by atoms with Crippen molar-refractivity contribution in [3.05, 3.63) is 89.4 Å². The van der Waals surface area contributed by atoms with Crippen molar-refractivity contribution < 1.29 is 8.42 Å². The number of halogens is 1. The van der Waals surface area contributed by atoms with Gasteiger partial charge in [0.15, 0.2) is 20.8 Å². The summed E-state index contributed by atoms with van der Waals surface area (Å²) in [5, 5.41) is 9.41. The van der Waals surface area contributed by atoms with Crippen LogP contribution in [0.3, 0.4) is 0 Å². The molecular weight excluding hydrogens is 482 g/mol. The molecule has 152 valence electrons. The molecule has 0 saturated heterocycles. The molecule has 4 aromatic rings. The molecule has 3 aromatic carbocycles. The minimum absolute atomic E-state index is 0.0234. The fourth-order valence-corrected chi connectivity index (χ4v) is 6.00. The number of sulfone groups is 1. The van der Waals surface area contributed by atoms with E-state index in [1.165, 1.54) is 11.8 Å². The van der Waals surface area contributed by atoms with Crippen LogP contribution in [0.4, 0.5) is 0 Å². The van der Waals surface area contributed by atoms with Crippen LogP contribution in [0.2, 0.25) is 0 Å². The number of hydrogen-bond donors (Lipinski definition) is 0. The monoisotopic (exact) mass is 499 g/mol. The summed E-state index contributed by atoms with van der Waals surface area (Å²) in [6, 6.07) is 26.2. The van der Waals surface area contributed by atoms with E-state index in [0.717, 1.165) is 15.7 Å². The summed E-state index contributed by atoms with van der Waals surface area (Å²) in [6.45, 7) is 0. The van der Waals surface area contributed by atoms with E-state index < -0.39 is 9.84 Å². The minimum Gasteiger partial charge on any atom is -0.270 e. The molecule has 0 atom stereocenters. The molecule has 4 rings (SSSR count). The van der Waals surface area contributed by atoms with E-state index in [9.17, 15) is 8.42 Å². The molecule has 0 aliphatic heterocycles. The third-order valence-electron chi connectivity index (χ3n) is 4.42. The van der Waals surface area contributed by atoms with E-state index in [0.29, 0.717) is 21.6 Å². The first-order valence-electron chi connectivity index (χ1n) is 9.22. The number of para-hydroxylation sites is 1. The highest BCUT2D eigenvalue weighted by Crippen LogP contribution is 2.29. The number of aromatic nitrogens is 3. The third-order valence-corrected chi connectivity index (χ3v) is 7.83. The first kappa shape index (κ1) is 20.8. The van der Waals surface area contributed by atoms with E-state index in [-0.39, 0.29) is 5.75 Å². The van der Waals surface area contributed by atoms with Crippen LogP contribution in [0.25, 0.3) is 17.1 Å². The second-order valence-electron chi connectivity index (χ2n) is 6.47. The Labute approximate surface area is 188 Å². The summed E-state index contributed by atoms with van der Waals surface area (Å²) in [5.41, 5.74) is 1.84. The highest BCUT2D eigenvalue weighted by atomic mass is 79.9. The molecule has 0 saturated carbocycles. The Morgan fingerprint density at radius 1 is 0.867 bits per heavy atom. The Bertz CT molecular complexity index is 1240. The van der Waals surface area contributed by atoms with Gasteiger partial charge in [0.2, 0.25) is 0 Å². The lowest BCUT2D eigenvalue weighted by molar-refractivity contribution is 0.597. The molecule has 1 aromatic heterocycles. The topological polar surface area (TPSA) is 64.8 Å². The molecule has 0 N–H and O–H groups in total. The van der Waals surface area contributed by atoms with Crippen molar-refractivity contribution in [1.29, 1.82) is 0 Å². The van der Waals surface area contributed by atoms with Crippen LogP contribution in [0.1, 0.15) is 0 Å². The normalized spacial score (nSPS) is 11.5. The van der Waals surface area contributed by atoms with Crippen LogP contribution in [-0.2, 0) is 9.84 Å². The predicted octanol–water partition coefficient (Wildman–Crippen LogP) is 5.26. The van der Waals surface area contributed by atoms with Gasteiger partial charge in [-0.25, -0.2) is 8.42 Å². The standard InChI is InChI=1S/C22H18BrN3O2S2/c23-18-9-7-8-17(16-18)21-24-25-22(26(21)19-10-3-1-4-11-19)29-14-15-30(27,28)20-12-5-2-6-13-20/h1-13,16H,14-15H2. The molecule has 0 fully saturated rings. The number of nitrogens with zero attached hydrogens (tertiary/aromatic N) is 3. The molecule has 0 radical (unpaired) electrons. The summed E-state index contributed by atoms with van der Waals surface area (Å²) in [4.78, 5) is 0.338.